The second-order valence-electron chi connectivity index (χ2n) is 8.59. The highest BCUT2D eigenvalue weighted by molar-refractivity contribution is 5.91. The fourth-order valence-corrected chi connectivity index (χ4v) is 3.94. The van der Waals surface area contributed by atoms with E-state index >= 15 is 0 Å². The number of carbonyl (C=O) groups excluding carboxylic acids is 2. The summed E-state index contributed by atoms with van der Waals surface area (Å²) in [6, 6.07) is 14.4. The molecule has 0 aliphatic carbocycles. The summed E-state index contributed by atoms with van der Waals surface area (Å²) in [5.41, 5.74) is 3.25. The van der Waals surface area contributed by atoms with E-state index in [1.54, 1.807) is 19.1 Å². The average Bonchev–Trinajstić information content (AvgIpc) is 2.88. The highest BCUT2D eigenvalue weighted by atomic mass is 16.7. The van der Waals surface area contributed by atoms with Gasteiger partial charge < -0.3 is 34.9 Å². The molecule has 3 N–H and O–H groups in total. The number of nitrogens with zero attached hydrogens (tertiary/aromatic N) is 1. The van der Waals surface area contributed by atoms with Gasteiger partial charge in [-0.05, 0) is 37.2 Å². The second-order valence-corrected chi connectivity index (χ2v) is 8.59. The molecule has 1 aliphatic rings. The van der Waals surface area contributed by atoms with Crippen LogP contribution in [0.25, 0.3) is 0 Å². The molecule has 1 aliphatic heterocycles. The maximum absolute atomic E-state index is 12.0. The lowest BCUT2D eigenvalue weighted by atomic mass is 9.99. The van der Waals surface area contributed by atoms with E-state index in [2.05, 4.69) is 22.1 Å². The Morgan fingerprint density at radius 1 is 1.14 bits per heavy atom. The predicted molar refractivity (Wildman–Crippen MR) is 136 cm³/mol. The van der Waals surface area contributed by atoms with Crippen molar-refractivity contribution >= 4 is 17.7 Å². The van der Waals surface area contributed by atoms with Crippen LogP contribution in [0.4, 0.5) is 10.5 Å². The first kappa shape index (κ1) is 27.3. The normalized spacial score (nSPS) is 19.5. The lowest BCUT2D eigenvalue weighted by Crippen LogP contribution is -2.37. The van der Waals surface area contributed by atoms with E-state index in [0.29, 0.717) is 12.1 Å². The molecule has 2 aromatic carbocycles. The van der Waals surface area contributed by atoms with Crippen LogP contribution in [0.1, 0.15) is 42.4 Å². The van der Waals surface area contributed by atoms with Crippen molar-refractivity contribution in [2.24, 2.45) is 0 Å². The number of esters is 1. The molecule has 0 aromatic heterocycles. The Labute approximate surface area is 212 Å². The van der Waals surface area contributed by atoms with E-state index in [4.69, 9.17) is 14.2 Å². The second kappa shape index (κ2) is 13.7. The third kappa shape index (κ3) is 8.17. The van der Waals surface area contributed by atoms with Crippen molar-refractivity contribution in [2.45, 2.75) is 38.4 Å². The average molecular weight is 498 g/mol. The highest BCUT2D eigenvalue weighted by Gasteiger charge is 2.32. The van der Waals surface area contributed by atoms with Gasteiger partial charge in [0.05, 0.1) is 25.4 Å². The minimum absolute atomic E-state index is 0.00621. The Balaban J connectivity index is 1.68. The molecule has 0 saturated carbocycles. The quantitative estimate of drug-likeness (QED) is 0.322. The molecule has 36 heavy (non-hydrogen) atoms. The maximum Gasteiger partial charge on any atom is 0.325 e. The number of likely N-dealkylation sites (N-methyl/N-ethyl adjacent to an activating group) is 1. The zero-order valence-electron chi connectivity index (χ0n) is 20.8. The Kier molecular flexibility index (Phi) is 10.4. The number of nitrogens with one attached hydrogen (secondary N) is 2. The lowest BCUT2D eigenvalue weighted by molar-refractivity contribution is -0.252. The van der Waals surface area contributed by atoms with E-state index < -0.39 is 18.3 Å². The van der Waals surface area contributed by atoms with Gasteiger partial charge in [-0.15, -0.1) is 6.58 Å². The number of anilines is 1. The lowest BCUT2D eigenvalue weighted by Gasteiger charge is -2.37. The first-order valence-electron chi connectivity index (χ1n) is 12.0. The van der Waals surface area contributed by atoms with Crippen LogP contribution in [0.2, 0.25) is 0 Å². The molecular weight excluding hydrogens is 462 g/mol. The zero-order valence-corrected chi connectivity index (χ0v) is 20.8. The Morgan fingerprint density at radius 3 is 2.47 bits per heavy atom. The van der Waals surface area contributed by atoms with Gasteiger partial charge in [0.1, 0.15) is 6.54 Å². The number of benzene rings is 2. The van der Waals surface area contributed by atoms with Gasteiger partial charge in [-0.25, -0.2) is 4.79 Å². The molecule has 1 heterocycles. The Bertz CT molecular complexity index is 996. The Hall–Kier alpha value is -3.24. The maximum atomic E-state index is 12.0. The van der Waals surface area contributed by atoms with E-state index in [1.165, 1.54) is 0 Å². The number of urea groups is 1. The van der Waals surface area contributed by atoms with Crippen molar-refractivity contribution in [1.82, 2.24) is 10.2 Å². The van der Waals surface area contributed by atoms with Gasteiger partial charge in [0, 0.05) is 30.8 Å². The number of hydrogen-bond acceptors (Lipinski definition) is 7. The summed E-state index contributed by atoms with van der Waals surface area (Å²) >= 11 is 0. The van der Waals surface area contributed by atoms with Crippen molar-refractivity contribution < 1.29 is 28.9 Å². The molecule has 0 unspecified atom stereocenters. The van der Waals surface area contributed by atoms with E-state index in [0.717, 1.165) is 29.8 Å². The van der Waals surface area contributed by atoms with Crippen LogP contribution in [-0.2, 0) is 25.6 Å². The molecule has 1 fully saturated rings. The number of amides is 2. The summed E-state index contributed by atoms with van der Waals surface area (Å²) in [6.07, 6.45) is 1.72. The number of ether oxygens (including phenoxy) is 3. The van der Waals surface area contributed by atoms with Crippen molar-refractivity contribution in [3.63, 3.8) is 0 Å². The van der Waals surface area contributed by atoms with Crippen LogP contribution in [0.5, 0.6) is 0 Å². The number of rotatable bonds is 11. The largest absolute Gasteiger partial charge is 0.465 e. The third-order valence-electron chi connectivity index (χ3n) is 5.71. The van der Waals surface area contributed by atoms with Gasteiger partial charge in [-0.1, -0.05) is 42.5 Å². The van der Waals surface area contributed by atoms with Crippen molar-refractivity contribution in [3.8, 4) is 0 Å². The molecule has 1 saturated heterocycles. The summed E-state index contributed by atoms with van der Waals surface area (Å²) in [4.78, 5) is 25.6. The molecular formula is C27H35N3O6. The summed E-state index contributed by atoms with van der Waals surface area (Å²) in [7, 11) is 2.02. The number of aliphatic hydroxyl groups excluding tert-OH is 1. The van der Waals surface area contributed by atoms with Crippen LogP contribution < -0.4 is 10.6 Å². The summed E-state index contributed by atoms with van der Waals surface area (Å²) in [6.45, 7) is 7.03. The van der Waals surface area contributed by atoms with Gasteiger partial charge in [0.2, 0.25) is 0 Å². The predicted octanol–water partition coefficient (Wildman–Crippen LogP) is 3.53. The fraction of sp³-hybridized carbons (Fsp3) is 0.407. The minimum Gasteiger partial charge on any atom is -0.465 e. The van der Waals surface area contributed by atoms with Crippen LogP contribution in [0, 0.1) is 0 Å². The standard InChI is InChI=1S/C27H35N3O6/c1-4-14-30(3)17-23-15-24(20-8-6-19(18-31)7-9-20)36-26(35-23)21-10-12-22(13-11-21)29-27(33)28-16-25(32)34-5-2/h4,6-13,23-24,26,31H,1,5,14-18H2,2-3H3,(H2,28,29,33)/t23-,24+,26+/m1/s1. The molecule has 3 rings (SSSR count). The molecule has 194 valence electrons. The summed E-state index contributed by atoms with van der Waals surface area (Å²) in [5, 5.41) is 14.5. The van der Waals surface area contributed by atoms with Crippen LogP contribution >= 0.6 is 0 Å². The molecule has 2 aromatic rings. The van der Waals surface area contributed by atoms with Crippen LogP contribution in [-0.4, -0.2) is 61.4 Å². The van der Waals surface area contributed by atoms with Crippen molar-refractivity contribution in [3.05, 3.63) is 77.9 Å². The monoisotopic (exact) mass is 497 g/mol. The molecule has 0 radical (unpaired) electrons. The third-order valence-corrected chi connectivity index (χ3v) is 5.71. The SMILES string of the molecule is C=CCN(C)C[C@H]1C[C@@H](c2ccc(CO)cc2)O[C@@H](c2ccc(NC(=O)NCC(=O)OCC)cc2)O1. The molecule has 3 atom stereocenters. The minimum atomic E-state index is -0.588. The fourth-order valence-electron chi connectivity index (χ4n) is 3.94. The molecule has 0 bridgehead atoms. The van der Waals surface area contributed by atoms with E-state index in [-0.39, 0.29) is 32.0 Å². The number of hydrogen-bond donors (Lipinski definition) is 3. The molecule has 0 spiro atoms. The first-order valence-corrected chi connectivity index (χ1v) is 12.0. The van der Waals surface area contributed by atoms with Gasteiger partial charge in [-0.2, -0.15) is 0 Å². The summed E-state index contributed by atoms with van der Waals surface area (Å²) < 4.78 is 17.4. The van der Waals surface area contributed by atoms with Gasteiger partial charge in [-0.3, -0.25) is 4.79 Å². The molecule has 9 nitrogen and oxygen atoms in total. The first-order chi connectivity index (χ1) is 17.4. The van der Waals surface area contributed by atoms with Crippen molar-refractivity contribution in [1.29, 1.82) is 0 Å². The van der Waals surface area contributed by atoms with Crippen molar-refractivity contribution in [2.75, 3.05) is 38.6 Å². The smallest absolute Gasteiger partial charge is 0.325 e. The van der Waals surface area contributed by atoms with Gasteiger partial charge in [0.25, 0.3) is 0 Å². The Morgan fingerprint density at radius 2 is 1.83 bits per heavy atom. The highest BCUT2D eigenvalue weighted by Crippen LogP contribution is 2.38. The van der Waals surface area contributed by atoms with E-state index in [9.17, 15) is 14.7 Å². The van der Waals surface area contributed by atoms with Gasteiger partial charge in [0.15, 0.2) is 6.29 Å². The van der Waals surface area contributed by atoms with E-state index in [1.807, 2.05) is 49.5 Å². The zero-order chi connectivity index (χ0) is 25.9. The van der Waals surface area contributed by atoms with Gasteiger partial charge >= 0.3 is 12.0 Å². The van der Waals surface area contributed by atoms with Crippen LogP contribution in [0.15, 0.2) is 61.2 Å². The number of carbonyl (C=O) groups is 2. The molecule has 2 amide bonds. The topological polar surface area (TPSA) is 109 Å². The number of aliphatic hydroxyl groups is 1. The van der Waals surface area contributed by atoms with Crippen LogP contribution in [0.3, 0.4) is 0 Å². The molecule has 9 heteroatoms. The summed E-state index contributed by atoms with van der Waals surface area (Å²) in [5.74, 6) is -0.497.